The molecule has 43 heavy (non-hydrogen) atoms. The Hall–Kier alpha value is -2.89. The number of rotatable bonds is 9. The van der Waals surface area contributed by atoms with Gasteiger partial charge in [-0.15, -0.1) is 0 Å². The summed E-state index contributed by atoms with van der Waals surface area (Å²) in [6, 6.07) is 9.01. The number of aromatic carboxylic acids is 1. The Kier molecular flexibility index (Phi) is 7.02. The van der Waals surface area contributed by atoms with Crippen molar-refractivity contribution in [3.05, 3.63) is 57.3 Å². The molecule has 0 unspecified atom stereocenters. The number of halogens is 2. The molecule has 2 aromatic carbocycles. The summed E-state index contributed by atoms with van der Waals surface area (Å²) in [5.41, 5.74) is 3.20. The molecule has 0 amide bonds. The van der Waals surface area contributed by atoms with E-state index in [1.807, 2.05) is 18.2 Å². The van der Waals surface area contributed by atoms with Gasteiger partial charge >= 0.3 is 5.97 Å². The van der Waals surface area contributed by atoms with Crippen molar-refractivity contribution in [1.82, 2.24) is 10.1 Å². The molecule has 4 aliphatic rings. The van der Waals surface area contributed by atoms with Gasteiger partial charge in [0.15, 0.2) is 5.13 Å². The highest BCUT2D eigenvalue weighted by atomic mass is 35.5. The molecule has 4 fully saturated rings. The van der Waals surface area contributed by atoms with Gasteiger partial charge in [0.1, 0.15) is 28.8 Å². The van der Waals surface area contributed by atoms with E-state index in [0.29, 0.717) is 70.3 Å². The molecule has 2 saturated carbocycles. The third-order valence-corrected chi connectivity index (χ3v) is 10.7. The fourth-order valence-corrected chi connectivity index (χ4v) is 8.37. The summed E-state index contributed by atoms with van der Waals surface area (Å²) in [4.78, 5) is 19.2. The first kappa shape index (κ1) is 27.6. The number of anilines is 1. The fourth-order valence-electron chi connectivity index (χ4n) is 6.69. The van der Waals surface area contributed by atoms with Crippen molar-refractivity contribution >= 4 is 55.9 Å². The van der Waals surface area contributed by atoms with E-state index in [-0.39, 0.29) is 17.8 Å². The number of hydrogen-bond acceptors (Lipinski definition) is 9. The molecule has 4 aromatic rings. The minimum Gasteiger partial charge on any atom is -0.486 e. The highest BCUT2D eigenvalue weighted by Gasteiger charge is 2.47. The number of piperidine rings is 1. The summed E-state index contributed by atoms with van der Waals surface area (Å²) in [7, 11) is 0. The summed E-state index contributed by atoms with van der Waals surface area (Å²) in [5, 5.41) is 16.1. The predicted molar refractivity (Wildman–Crippen MR) is 163 cm³/mol. The summed E-state index contributed by atoms with van der Waals surface area (Å²) < 4.78 is 24.9. The topological polar surface area (TPSA) is 107 Å². The summed E-state index contributed by atoms with van der Waals surface area (Å²) in [6.45, 7) is 2.36. The minimum absolute atomic E-state index is 0.0987. The number of hydrogen-bond donors (Lipinski definition) is 1. The zero-order chi connectivity index (χ0) is 29.2. The number of benzene rings is 2. The van der Waals surface area contributed by atoms with E-state index in [2.05, 4.69) is 10.1 Å². The van der Waals surface area contributed by atoms with Gasteiger partial charge in [-0.05, 0) is 49.9 Å². The summed E-state index contributed by atoms with van der Waals surface area (Å²) >= 11 is 14.6. The van der Waals surface area contributed by atoms with Crippen LogP contribution in [-0.4, -0.2) is 59.2 Å². The molecule has 8 rings (SSSR count). The molecule has 4 heterocycles. The van der Waals surface area contributed by atoms with E-state index < -0.39 is 5.97 Å². The molecule has 0 spiro atoms. The van der Waals surface area contributed by atoms with E-state index in [1.165, 1.54) is 11.3 Å². The predicted octanol–water partition coefficient (Wildman–Crippen LogP) is 7.19. The molecule has 0 radical (unpaired) electrons. The molecule has 9 nitrogen and oxygen atoms in total. The van der Waals surface area contributed by atoms with Crippen LogP contribution in [0.15, 0.2) is 34.9 Å². The molecule has 1 N–H and O–H groups in total. The molecule has 4 atom stereocenters. The standard InChI is InChI=1S/C31H29Cl2N3O6S/c32-21-2-1-3-22(33)26(21)27-20(29(42-35-27)15-4-5-15)14-40-23-11-18-8-17(23)12-36(18)31-34-28-24(41-19-6-7-39-13-19)9-16(30(37)38)10-25(28)43-31/h1-3,9-10,15,17-19,23H,4-8,11-14H2,(H,37,38)/t17-,18-,19-,23+/m0/s1. The maximum Gasteiger partial charge on any atom is 0.335 e. The number of thiazole rings is 1. The van der Waals surface area contributed by atoms with Crippen LogP contribution in [0.4, 0.5) is 5.13 Å². The molecule has 2 aliphatic heterocycles. The van der Waals surface area contributed by atoms with Crippen molar-refractivity contribution in [3.8, 4) is 17.0 Å². The molecular formula is C31H29Cl2N3O6S. The van der Waals surface area contributed by atoms with Crippen LogP contribution in [0.25, 0.3) is 21.5 Å². The van der Waals surface area contributed by atoms with Crippen molar-refractivity contribution in [1.29, 1.82) is 0 Å². The van der Waals surface area contributed by atoms with Gasteiger partial charge in [0, 0.05) is 42.0 Å². The average molecular weight is 643 g/mol. The zero-order valence-electron chi connectivity index (χ0n) is 23.1. The monoisotopic (exact) mass is 641 g/mol. The second-order valence-corrected chi connectivity index (χ2v) is 13.7. The summed E-state index contributed by atoms with van der Waals surface area (Å²) in [5.74, 6) is 1.13. The number of nitrogens with zero attached hydrogens (tertiary/aromatic N) is 3. The van der Waals surface area contributed by atoms with Crippen molar-refractivity contribution in [2.45, 2.75) is 62.9 Å². The van der Waals surface area contributed by atoms with Crippen molar-refractivity contribution < 1.29 is 28.6 Å². The van der Waals surface area contributed by atoms with Gasteiger partial charge in [-0.25, -0.2) is 9.78 Å². The van der Waals surface area contributed by atoms with E-state index in [0.717, 1.165) is 59.8 Å². The highest BCUT2D eigenvalue weighted by Crippen LogP contribution is 2.48. The van der Waals surface area contributed by atoms with Crippen molar-refractivity contribution in [2.75, 3.05) is 24.7 Å². The second kappa shape index (κ2) is 10.9. The first-order chi connectivity index (χ1) is 20.9. The maximum atomic E-state index is 11.8. The number of carbonyl (C=O) groups is 1. The zero-order valence-corrected chi connectivity index (χ0v) is 25.5. The Morgan fingerprint density at radius 1 is 1.16 bits per heavy atom. The van der Waals surface area contributed by atoms with Gasteiger partial charge in [-0.2, -0.15) is 0 Å². The molecule has 224 valence electrons. The smallest absolute Gasteiger partial charge is 0.335 e. The first-order valence-electron chi connectivity index (χ1n) is 14.7. The largest absolute Gasteiger partial charge is 0.486 e. The van der Waals surface area contributed by atoms with Crippen LogP contribution in [-0.2, 0) is 16.1 Å². The minimum atomic E-state index is -0.984. The Balaban J connectivity index is 1.00. The lowest BCUT2D eigenvalue weighted by atomic mass is 10.0. The van der Waals surface area contributed by atoms with Crippen LogP contribution in [0.5, 0.6) is 5.75 Å². The van der Waals surface area contributed by atoms with Gasteiger partial charge in [0.05, 0.1) is 46.2 Å². The van der Waals surface area contributed by atoms with E-state index >= 15 is 0 Å². The molecule has 2 saturated heterocycles. The lowest BCUT2D eigenvalue weighted by Crippen LogP contribution is -2.38. The molecule has 2 bridgehead atoms. The first-order valence-corrected chi connectivity index (χ1v) is 16.2. The number of aromatic nitrogens is 2. The molecular weight excluding hydrogens is 613 g/mol. The summed E-state index contributed by atoms with van der Waals surface area (Å²) in [6.07, 6.45) is 4.85. The van der Waals surface area contributed by atoms with Crippen LogP contribution in [0.3, 0.4) is 0 Å². The lowest BCUT2D eigenvalue weighted by molar-refractivity contribution is 0.0122. The van der Waals surface area contributed by atoms with Gasteiger partial charge in [-0.3, -0.25) is 0 Å². The van der Waals surface area contributed by atoms with E-state index in [4.69, 9.17) is 46.9 Å². The Bertz CT molecular complexity index is 1690. The fraction of sp³-hybridized carbons (Fsp3) is 0.452. The van der Waals surface area contributed by atoms with Gasteiger partial charge in [-0.1, -0.05) is 45.8 Å². The van der Waals surface area contributed by atoms with Crippen LogP contribution in [0.2, 0.25) is 10.0 Å². The van der Waals surface area contributed by atoms with Gasteiger partial charge < -0.3 is 28.7 Å². The Labute approximate surface area is 261 Å². The third-order valence-electron chi connectivity index (χ3n) is 9.01. The maximum absolute atomic E-state index is 11.8. The average Bonchev–Trinajstić information content (AvgIpc) is 3.48. The number of fused-ring (bicyclic) bond motifs is 3. The van der Waals surface area contributed by atoms with Crippen LogP contribution >= 0.6 is 34.5 Å². The van der Waals surface area contributed by atoms with Crippen LogP contribution < -0.4 is 9.64 Å². The quantitative estimate of drug-likeness (QED) is 0.203. The normalized spacial score (nSPS) is 24.8. The molecule has 12 heteroatoms. The van der Waals surface area contributed by atoms with Gasteiger partial charge in [0.2, 0.25) is 0 Å². The SMILES string of the molecule is O=C(O)c1cc(O[C@H]2CCOC2)c2nc(N3C[C@@H]4C[C@H]3C[C@H]4OCc3c(-c4c(Cl)cccc4Cl)noc3C3CC3)sc2c1. The Morgan fingerprint density at radius 3 is 2.70 bits per heavy atom. The second-order valence-electron chi connectivity index (χ2n) is 11.9. The number of carboxylic acid groups (broad SMARTS) is 1. The number of carboxylic acids is 1. The Morgan fingerprint density at radius 2 is 2.00 bits per heavy atom. The van der Waals surface area contributed by atoms with E-state index in [1.54, 1.807) is 12.1 Å². The third kappa shape index (κ3) is 5.07. The van der Waals surface area contributed by atoms with Crippen molar-refractivity contribution in [3.63, 3.8) is 0 Å². The lowest BCUT2D eigenvalue weighted by Gasteiger charge is -2.31. The molecule has 2 aromatic heterocycles. The van der Waals surface area contributed by atoms with E-state index in [9.17, 15) is 9.90 Å². The van der Waals surface area contributed by atoms with Crippen LogP contribution in [0.1, 0.15) is 59.7 Å². The van der Waals surface area contributed by atoms with Gasteiger partial charge in [0.25, 0.3) is 0 Å². The highest BCUT2D eigenvalue weighted by molar-refractivity contribution is 7.22. The molecule has 2 aliphatic carbocycles. The number of ether oxygens (including phenoxy) is 3. The van der Waals surface area contributed by atoms with Crippen molar-refractivity contribution in [2.24, 2.45) is 5.92 Å². The van der Waals surface area contributed by atoms with Crippen LogP contribution in [0, 0.1) is 5.92 Å².